The second-order valence-corrected chi connectivity index (χ2v) is 5.27. The van der Waals surface area contributed by atoms with Crippen LogP contribution in [0.3, 0.4) is 0 Å². The summed E-state index contributed by atoms with van der Waals surface area (Å²) in [6.07, 6.45) is 0. The van der Waals surface area contributed by atoms with Crippen LogP contribution in [0.25, 0.3) is 0 Å². The molecule has 0 bridgehead atoms. The Bertz CT molecular complexity index is 380. The summed E-state index contributed by atoms with van der Waals surface area (Å²) >= 11 is 3.12. The summed E-state index contributed by atoms with van der Waals surface area (Å²) in [5.41, 5.74) is 7.22. The van der Waals surface area contributed by atoms with Gasteiger partial charge in [-0.15, -0.1) is 0 Å². The third kappa shape index (κ3) is 2.67. The fraction of sp³-hybridized carbons (Fsp3) is 0.500. The maximum atomic E-state index is 13.5. The van der Waals surface area contributed by atoms with Gasteiger partial charge < -0.3 is 10.6 Å². The lowest BCUT2D eigenvalue weighted by atomic mass is 10.0. The fourth-order valence-electron chi connectivity index (χ4n) is 1.52. The zero-order valence-electron chi connectivity index (χ0n) is 10.1. The van der Waals surface area contributed by atoms with Gasteiger partial charge in [0.05, 0.1) is 15.8 Å². The number of nitrogen functional groups attached to an aromatic ring is 1. The zero-order valence-corrected chi connectivity index (χ0v) is 11.7. The van der Waals surface area contributed by atoms with Gasteiger partial charge in [0.2, 0.25) is 0 Å². The van der Waals surface area contributed by atoms with Crippen molar-refractivity contribution in [1.29, 1.82) is 0 Å². The molecule has 2 N–H and O–H groups in total. The molecule has 2 nitrogen and oxygen atoms in total. The van der Waals surface area contributed by atoms with Crippen LogP contribution in [0.1, 0.15) is 20.8 Å². The molecule has 0 saturated carbocycles. The Balaban J connectivity index is 3.08. The minimum absolute atomic E-state index is 0.285. The van der Waals surface area contributed by atoms with E-state index in [1.807, 2.05) is 11.9 Å². The summed E-state index contributed by atoms with van der Waals surface area (Å²) in [6.45, 7) is 6.36. The number of rotatable bonds is 3. The molecule has 0 saturated heterocycles. The molecular weight excluding hydrogens is 271 g/mol. The van der Waals surface area contributed by atoms with Crippen LogP contribution in [0.15, 0.2) is 16.6 Å². The standard InChI is InChI=1S/C12H18BrFN2/c1-7(2)8(3)16(4)12-6-10(14)9(13)5-11(12)15/h5-8H,15H2,1-4H3. The van der Waals surface area contributed by atoms with Crippen molar-refractivity contribution in [1.82, 2.24) is 0 Å². The molecule has 0 aliphatic carbocycles. The van der Waals surface area contributed by atoms with E-state index in [-0.39, 0.29) is 5.82 Å². The van der Waals surface area contributed by atoms with Crippen LogP contribution >= 0.6 is 15.9 Å². The summed E-state index contributed by atoms with van der Waals surface area (Å²) in [7, 11) is 1.93. The van der Waals surface area contributed by atoms with Gasteiger partial charge in [0.25, 0.3) is 0 Å². The van der Waals surface area contributed by atoms with Crippen molar-refractivity contribution < 1.29 is 4.39 Å². The van der Waals surface area contributed by atoms with Crippen molar-refractivity contribution in [3.8, 4) is 0 Å². The van der Waals surface area contributed by atoms with Crippen molar-refractivity contribution in [3.63, 3.8) is 0 Å². The summed E-state index contributed by atoms with van der Waals surface area (Å²) in [6, 6.07) is 3.38. The van der Waals surface area contributed by atoms with Crippen LogP contribution in [0.5, 0.6) is 0 Å². The normalized spacial score (nSPS) is 12.9. The Morgan fingerprint density at radius 1 is 1.31 bits per heavy atom. The fourth-order valence-corrected chi connectivity index (χ4v) is 1.88. The summed E-state index contributed by atoms with van der Waals surface area (Å²) in [5, 5.41) is 0. The maximum absolute atomic E-state index is 13.5. The molecule has 0 heterocycles. The van der Waals surface area contributed by atoms with Gasteiger partial charge in [0.15, 0.2) is 0 Å². The third-order valence-corrected chi connectivity index (χ3v) is 3.63. The molecular formula is C12H18BrFN2. The van der Waals surface area contributed by atoms with Crippen LogP contribution in [-0.4, -0.2) is 13.1 Å². The van der Waals surface area contributed by atoms with Gasteiger partial charge in [-0.1, -0.05) is 13.8 Å². The van der Waals surface area contributed by atoms with Crippen LogP contribution in [-0.2, 0) is 0 Å². The van der Waals surface area contributed by atoms with Crippen LogP contribution in [0.4, 0.5) is 15.8 Å². The Morgan fingerprint density at radius 3 is 2.38 bits per heavy atom. The van der Waals surface area contributed by atoms with Crippen LogP contribution < -0.4 is 10.6 Å². The van der Waals surface area contributed by atoms with Gasteiger partial charge in [-0.2, -0.15) is 0 Å². The number of hydrogen-bond acceptors (Lipinski definition) is 2. The first kappa shape index (κ1) is 13.3. The van der Waals surface area contributed by atoms with Crippen molar-refractivity contribution >= 4 is 27.3 Å². The smallest absolute Gasteiger partial charge is 0.139 e. The van der Waals surface area contributed by atoms with Gasteiger partial charge >= 0.3 is 0 Å². The Labute approximate surface area is 105 Å². The molecule has 1 aromatic rings. The second-order valence-electron chi connectivity index (χ2n) is 4.42. The van der Waals surface area contributed by atoms with Gasteiger partial charge in [0.1, 0.15) is 5.82 Å². The van der Waals surface area contributed by atoms with E-state index < -0.39 is 0 Å². The number of benzene rings is 1. The molecule has 0 aliphatic heterocycles. The summed E-state index contributed by atoms with van der Waals surface area (Å²) < 4.78 is 13.9. The van der Waals surface area contributed by atoms with Crippen molar-refractivity contribution in [2.45, 2.75) is 26.8 Å². The molecule has 1 rings (SSSR count). The molecule has 1 unspecified atom stereocenters. The first-order chi connectivity index (χ1) is 7.34. The number of hydrogen-bond donors (Lipinski definition) is 1. The molecule has 1 aromatic carbocycles. The van der Waals surface area contributed by atoms with E-state index in [2.05, 4.69) is 36.7 Å². The molecule has 90 valence electrons. The average Bonchev–Trinajstić information content (AvgIpc) is 2.21. The molecule has 0 radical (unpaired) electrons. The van der Waals surface area contributed by atoms with Gasteiger partial charge in [-0.25, -0.2) is 4.39 Å². The Kier molecular flexibility index (Phi) is 4.19. The molecule has 0 fully saturated rings. The number of nitrogens with two attached hydrogens (primary N) is 1. The molecule has 0 aliphatic rings. The van der Waals surface area contributed by atoms with E-state index in [9.17, 15) is 4.39 Å². The largest absolute Gasteiger partial charge is 0.397 e. The summed E-state index contributed by atoms with van der Waals surface area (Å²) in [4.78, 5) is 2.01. The zero-order chi connectivity index (χ0) is 12.5. The van der Waals surface area contributed by atoms with E-state index in [1.165, 1.54) is 6.07 Å². The number of nitrogens with zero attached hydrogens (tertiary/aromatic N) is 1. The first-order valence-corrected chi connectivity index (χ1v) is 6.11. The molecule has 0 amide bonds. The minimum atomic E-state index is -0.285. The third-order valence-electron chi connectivity index (χ3n) is 3.03. The van der Waals surface area contributed by atoms with Crippen molar-refractivity contribution in [2.75, 3.05) is 17.7 Å². The molecule has 0 aromatic heterocycles. The van der Waals surface area contributed by atoms with E-state index in [1.54, 1.807) is 6.07 Å². The lowest BCUT2D eigenvalue weighted by Gasteiger charge is -2.31. The van der Waals surface area contributed by atoms with Crippen molar-refractivity contribution in [3.05, 3.63) is 22.4 Å². The lowest BCUT2D eigenvalue weighted by Crippen LogP contribution is -2.33. The Morgan fingerprint density at radius 2 is 1.88 bits per heavy atom. The molecule has 4 heteroatoms. The topological polar surface area (TPSA) is 29.3 Å². The van der Waals surface area contributed by atoms with Gasteiger partial charge in [0, 0.05) is 19.2 Å². The maximum Gasteiger partial charge on any atom is 0.139 e. The summed E-state index contributed by atoms with van der Waals surface area (Å²) in [5.74, 6) is 0.197. The highest BCUT2D eigenvalue weighted by Gasteiger charge is 2.17. The van der Waals surface area contributed by atoms with Crippen molar-refractivity contribution in [2.24, 2.45) is 5.92 Å². The van der Waals surface area contributed by atoms with Gasteiger partial charge in [-0.3, -0.25) is 0 Å². The first-order valence-electron chi connectivity index (χ1n) is 5.32. The molecule has 16 heavy (non-hydrogen) atoms. The van der Waals surface area contributed by atoms with Crippen LogP contribution in [0.2, 0.25) is 0 Å². The van der Waals surface area contributed by atoms with E-state index >= 15 is 0 Å². The predicted octanol–water partition coefficient (Wildman–Crippen LogP) is 3.65. The van der Waals surface area contributed by atoms with Gasteiger partial charge in [-0.05, 0) is 34.8 Å². The SMILES string of the molecule is CC(C)C(C)N(C)c1cc(F)c(Br)cc1N. The minimum Gasteiger partial charge on any atom is -0.397 e. The lowest BCUT2D eigenvalue weighted by molar-refractivity contribution is 0.505. The monoisotopic (exact) mass is 288 g/mol. The highest BCUT2D eigenvalue weighted by Crippen LogP contribution is 2.30. The molecule has 1 atom stereocenters. The number of anilines is 2. The highest BCUT2D eigenvalue weighted by atomic mass is 79.9. The molecule has 0 spiro atoms. The average molecular weight is 289 g/mol. The quantitative estimate of drug-likeness (QED) is 0.861. The van der Waals surface area contributed by atoms with E-state index in [4.69, 9.17) is 5.73 Å². The van der Waals surface area contributed by atoms with E-state index in [0.29, 0.717) is 22.1 Å². The number of halogens is 2. The predicted molar refractivity (Wildman–Crippen MR) is 71.2 cm³/mol. The highest BCUT2D eigenvalue weighted by molar-refractivity contribution is 9.10. The second kappa shape index (κ2) is 5.04. The van der Waals surface area contributed by atoms with E-state index in [0.717, 1.165) is 5.69 Å². The van der Waals surface area contributed by atoms with Crippen LogP contribution in [0, 0.1) is 11.7 Å². The Hall–Kier alpha value is -0.770.